The average molecular weight is 451 g/mol. The van der Waals surface area contributed by atoms with E-state index in [1.54, 1.807) is 6.20 Å². The molecule has 3 N–H and O–H groups in total. The summed E-state index contributed by atoms with van der Waals surface area (Å²) in [5.74, 6) is -0.334. The Morgan fingerprint density at radius 3 is 2.68 bits per heavy atom. The molecule has 0 fully saturated rings. The second-order valence-corrected chi connectivity index (χ2v) is 7.96. The van der Waals surface area contributed by atoms with E-state index in [1.807, 2.05) is 67.8 Å². The van der Waals surface area contributed by atoms with Crippen LogP contribution < -0.4 is 5.32 Å². The maximum absolute atomic E-state index is 10.8. The van der Waals surface area contributed by atoms with Crippen LogP contribution in [0.1, 0.15) is 11.3 Å². The highest BCUT2D eigenvalue weighted by atomic mass is 16.4. The minimum Gasteiger partial charge on any atom is -0.480 e. The van der Waals surface area contributed by atoms with Gasteiger partial charge < -0.3 is 15.4 Å². The van der Waals surface area contributed by atoms with Crippen molar-refractivity contribution in [2.75, 3.05) is 6.54 Å². The summed E-state index contributed by atoms with van der Waals surface area (Å²) in [6.07, 6.45) is 5.46. The number of benzene rings is 1. The second kappa shape index (κ2) is 9.21. The predicted molar refractivity (Wildman–Crippen MR) is 130 cm³/mol. The van der Waals surface area contributed by atoms with Gasteiger partial charge in [-0.15, -0.1) is 0 Å². The van der Waals surface area contributed by atoms with E-state index in [1.165, 1.54) is 0 Å². The highest BCUT2D eigenvalue weighted by Gasteiger charge is 2.14. The minimum absolute atomic E-state index is 0.0836. The number of carbonyl (C=O) groups is 1. The predicted octanol–water partition coefficient (Wildman–Crippen LogP) is 4.23. The quantitative estimate of drug-likeness (QED) is 0.340. The molecule has 5 aromatic rings. The molecule has 0 aliphatic carbocycles. The van der Waals surface area contributed by atoms with Gasteiger partial charge in [-0.05, 0) is 48.4 Å². The standard InChI is InChI=1S/C26H22N6O2/c1-16-4-2-7-22(30-16)26-31-24(21-8-9-29-25(21)32-26)20-11-19(13-28-14-20)18-6-3-5-17(10-18)12-27-15-23(33)34/h2-11,13-14,27H,12,15H2,1H3,(H,33,34)(H,29,31,32). The average Bonchev–Trinajstić information content (AvgIpc) is 3.32. The molecule has 0 radical (unpaired) electrons. The van der Waals surface area contributed by atoms with Crippen LogP contribution in [0, 0.1) is 6.92 Å². The van der Waals surface area contributed by atoms with Crippen molar-refractivity contribution in [3.8, 4) is 33.9 Å². The van der Waals surface area contributed by atoms with Gasteiger partial charge in [-0.25, -0.2) is 15.0 Å². The number of aryl methyl sites for hydroxylation is 1. The Balaban J connectivity index is 1.53. The molecule has 0 saturated heterocycles. The number of nitrogens with zero attached hydrogens (tertiary/aromatic N) is 4. The molecule has 0 atom stereocenters. The number of pyridine rings is 2. The number of H-pyrrole nitrogens is 1. The molecule has 0 saturated carbocycles. The lowest BCUT2D eigenvalue weighted by Crippen LogP contribution is -2.21. The fourth-order valence-corrected chi connectivity index (χ4v) is 3.85. The maximum Gasteiger partial charge on any atom is 0.317 e. The van der Waals surface area contributed by atoms with Crippen LogP contribution in [-0.2, 0) is 11.3 Å². The lowest BCUT2D eigenvalue weighted by molar-refractivity contribution is -0.135. The number of nitrogens with one attached hydrogen (secondary N) is 2. The molecular formula is C26H22N6O2. The van der Waals surface area contributed by atoms with Crippen molar-refractivity contribution < 1.29 is 9.90 Å². The topological polar surface area (TPSA) is 117 Å². The normalized spacial score (nSPS) is 11.1. The maximum atomic E-state index is 10.8. The number of aliphatic carboxylic acids is 1. The molecule has 0 spiro atoms. The lowest BCUT2D eigenvalue weighted by Gasteiger charge is -2.09. The van der Waals surface area contributed by atoms with Crippen molar-refractivity contribution in [1.29, 1.82) is 0 Å². The fourth-order valence-electron chi connectivity index (χ4n) is 3.85. The van der Waals surface area contributed by atoms with Crippen LogP contribution in [-0.4, -0.2) is 42.5 Å². The molecule has 0 amide bonds. The van der Waals surface area contributed by atoms with Gasteiger partial charge in [0.1, 0.15) is 11.3 Å². The van der Waals surface area contributed by atoms with Crippen LogP contribution in [0.2, 0.25) is 0 Å². The summed E-state index contributed by atoms with van der Waals surface area (Å²) in [6, 6.07) is 17.8. The number of carboxylic acids is 1. The minimum atomic E-state index is -0.880. The Hall–Kier alpha value is -4.43. The van der Waals surface area contributed by atoms with Crippen LogP contribution in [0.3, 0.4) is 0 Å². The number of carboxylic acid groups (broad SMARTS) is 1. The van der Waals surface area contributed by atoms with Crippen LogP contribution in [0.5, 0.6) is 0 Å². The van der Waals surface area contributed by atoms with E-state index in [2.05, 4.69) is 31.3 Å². The molecule has 0 bridgehead atoms. The molecular weight excluding hydrogens is 428 g/mol. The third-order valence-corrected chi connectivity index (χ3v) is 5.41. The highest BCUT2D eigenvalue weighted by Crippen LogP contribution is 2.30. The van der Waals surface area contributed by atoms with Crippen molar-refractivity contribution >= 4 is 17.0 Å². The van der Waals surface area contributed by atoms with Crippen molar-refractivity contribution in [1.82, 2.24) is 30.2 Å². The van der Waals surface area contributed by atoms with E-state index in [-0.39, 0.29) is 6.54 Å². The zero-order valence-corrected chi connectivity index (χ0v) is 18.5. The molecule has 8 nitrogen and oxygen atoms in total. The molecule has 4 heterocycles. The monoisotopic (exact) mass is 450 g/mol. The number of aromatic amines is 1. The zero-order chi connectivity index (χ0) is 23.5. The van der Waals surface area contributed by atoms with Crippen LogP contribution >= 0.6 is 0 Å². The Labute approximate surface area is 195 Å². The highest BCUT2D eigenvalue weighted by molar-refractivity contribution is 5.92. The summed E-state index contributed by atoms with van der Waals surface area (Å²) in [5, 5.41) is 12.7. The summed E-state index contributed by atoms with van der Waals surface area (Å²) in [6.45, 7) is 2.33. The van der Waals surface area contributed by atoms with Crippen molar-refractivity contribution in [2.45, 2.75) is 13.5 Å². The van der Waals surface area contributed by atoms with Gasteiger partial charge in [0.2, 0.25) is 0 Å². The molecule has 0 aliphatic heterocycles. The third kappa shape index (κ3) is 4.53. The van der Waals surface area contributed by atoms with E-state index in [0.29, 0.717) is 18.1 Å². The summed E-state index contributed by atoms with van der Waals surface area (Å²) in [5.41, 5.74) is 6.91. The number of rotatable bonds is 7. The first kappa shape index (κ1) is 21.4. The van der Waals surface area contributed by atoms with Gasteiger partial charge in [-0.1, -0.05) is 24.3 Å². The van der Waals surface area contributed by atoms with Crippen molar-refractivity contribution in [3.05, 3.63) is 84.4 Å². The Bertz CT molecular complexity index is 1490. The summed E-state index contributed by atoms with van der Waals surface area (Å²) < 4.78 is 0. The van der Waals surface area contributed by atoms with Gasteiger partial charge in [-0.2, -0.15) is 0 Å². The first-order valence-electron chi connectivity index (χ1n) is 10.8. The zero-order valence-electron chi connectivity index (χ0n) is 18.5. The molecule has 168 valence electrons. The first-order chi connectivity index (χ1) is 16.6. The van der Waals surface area contributed by atoms with Crippen LogP contribution in [0.4, 0.5) is 0 Å². The smallest absolute Gasteiger partial charge is 0.317 e. The summed E-state index contributed by atoms with van der Waals surface area (Å²) in [4.78, 5) is 32.6. The Morgan fingerprint density at radius 2 is 1.82 bits per heavy atom. The van der Waals surface area contributed by atoms with E-state index < -0.39 is 5.97 Å². The molecule has 34 heavy (non-hydrogen) atoms. The van der Waals surface area contributed by atoms with E-state index in [4.69, 9.17) is 10.1 Å². The number of hydrogen-bond donors (Lipinski definition) is 3. The van der Waals surface area contributed by atoms with E-state index in [0.717, 1.165) is 44.7 Å². The molecule has 0 unspecified atom stereocenters. The number of aromatic nitrogens is 5. The molecule has 5 rings (SSSR count). The van der Waals surface area contributed by atoms with Gasteiger partial charge in [0.15, 0.2) is 5.82 Å². The second-order valence-electron chi connectivity index (χ2n) is 7.96. The van der Waals surface area contributed by atoms with Crippen LogP contribution in [0.15, 0.2) is 73.2 Å². The van der Waals surface area contributed by atoms with Crippen molar-refractivity contribution in [2.24, 2.45) is 0 Å². The van der Waals surface area contributed by atoms with Gasteiger partial charge in [0.25, 0.3) is 0 Å². The fraction of sp³-hybridized carbons (Fsp3) is 0.115. The van der Waals surface area contributed by atoms with Gasteiger partial charge >= 0.3 is 5.97 Å². The molecule has 1 aromatic carbocycles. The summed E-state index contributed by atoms with van der Waals surface area (Å²) in [7, 11) is 0. The molecule has 4 aromatic heterocycles. The molecule has 0 aliphatic rings. The lowest BCUT2D eigenvalue weighted by atomic mass is 10.0. The largest absolute Gasteiger partial charge is 0.480 e. The van der Waals surface area contributed by atoms with E-state index in [9.17, 15) is 4.79 Å². The summed E-state index contributed by atoms with van der Waals surface area (Å²) >= 11 is 0. The van der Waals surface area contributed by atoms with Gasteiger partial charge in [0, 0.05) is 47.3 Å². The number of hydrogen-bond acceptors (Lipinski definition) is 6. The Morgan fingerprint density at radius 1 is 0.971 bits per heavy atom. The van der Waals surface area contributed by atoms with Gasteiger partial charge in [0.05, 0.1) is 12.2 Å². The van der Waals surface area contributed by atoms with E-state index >= 15 is 0 Å². The third-order valence-electron chi connectivity index (χ3n) is 5.41. The first-order valence-corrected chi connectivity index (χ1v) is 10.8. The SMILES string of the molecule is Cc1cccc(-c2nc(-c3cncc(-c4cccc(CNCC(=O)O)c4)c3)c3cc[nH]c3n2)n1. The van der Waals surface area contributed by atoms with Crippen LogP contribution in [0.25, 0.3) is 44.9 Å². The van der Waals surface area contributed by atoms with Crippen molar-refractivity contribution in [3.63, 3.8) is 0 Å². The number of fused-ring (bicyclic) bond motifs is 1. The molecule has 8 heteroatoms. The van der Waals surface area contributed by atoms with Gasteiger partial charge in [-0.3, -0.25) is 9.78 Å². The Kier molecular flexibility index (Phi) is 5.80.